The second kappa shape index (κ2) is 10.6. The Balaban J connectivity index is 1.76. The molecule has 0 aliphatic heterocycles. The quantitative estimate of drug-likeness (QED) is 0.529. The Morgan fingerprint density at radius 3 is 2.60 bits per heavy atom. The van der Waals surface area contributed by atoms with Gasteiger partial charge in [0.1, 0.15) is 12.4 Å². The first-order valence-electron chi connectivity index (χ1n) is 8.61. The molecular weight excluding hydrogens is 380 g/mol. The van der Waals surface area contributed by atoms with E-state index >= 15 is 0 Å². The van der Waals surface area contributed by atoms with E-state index in [2.05, 4.69) is 45.6 Å². The van der Waals surface area contributed by atoms with Crippen molar-refractivity contribution in [2.24, 2.45) is 0 Å². The van der Waals surface area contributed by atoms with Crippen molar-refractivity contribution < 1.29 is 9.84 Å². The zero-order valence-electron chi connectivity index (χ0n) is 14.8. The van der Waals surface area contributed by atoms with Gasteiger partial charge in [0.2, 0.25) is 0 Å². The largest absolute Gasteiger partial charge is 0.492 e. The number of benzene rings is 2. The number of aliphatic hydroxyl groups is 1. The van der Waals surface area contributed by atoms with Gasteiger partial charge >= 0.3 is 0 Å². The molecule has 2 atom stereocenters. The van der Waals surface area contributed by atoms with Gasteiger partial charge in [-0.2, -0.15) is 0 Å². The molecule has 0 fully saturated rings. The summed E-state index contributed by atoms with van der Waals surface area (Å²) in [5, 5.41) is 16.8. The first kappa shape index (κ1) is 19.9. The Morgan fingerprint density at radius 1 is 1.16 bits per heavy atom. The zero-order valence-corrected chi connectivity index (χ0v) is 16.4. The van der Waals surface area contributed by atoms with Crippen molar-refractivity contribution in [3.63, 3.8) is 0 Å². The number of halogens is 1. The van der Waals surface area contributed by atoms with Crippen LogP contribution in [0, 0.1) is 0 Å². The van der Waals surface area contributed by atoms with E-state index in [0.717, 1.165) is 28.8 Å². The maximum Gasteiger partial charge on any atom is 0.119 e. The molecule has 25 heavy (non-hydrogen) atoms. The fraction of sp³-hybridized carbons (Fsp3) is 0.400. The van der Waals surface area contributed by atoms with Gasteiger partial charge in [0.15, 0.2) is 0 Å². The van der Waals surface area contributed by atoms with Crippen LogP contribution in [0.3, 0.4) is 0 Å². The summed E-state index contributed by atoms with van der Waals surface area (Å²) in [5.41, 5.74) is 2.16. The summed E-state index contributed by atoms with van der Waals surface area (Å²) >= 11 is 3.43. The molecule has 2 rings (SSSR count). The SMILES string of the molecule is CNCCOc1ccc(CC(C)NCC(O)c2cccc(Br)c2)cc1. The monoisotopic (exact) mass is 406 g/mol. The fourth-order valence-electron chi connectivity index (χ4n) is 2.56. The van der Waals surface area contributed by atoms with Gasteiger partial charge in [0.05, 0.1) is 6.10 Å². The van der Waals surface area contributed by atoms with Crippen LogP contribution in [0.2, 0.25) is 0 Å². The summed E-state index contributed by atoms with van der Waals surface area (Å²) in [6.07, 6.45) is 0.394. The van der Waals surface area contributed by atoms with Gasteiger partial charge in [-0.15, -0.1) is 0 Å². The minimum absolute atomic E-state index is 0.276. The molecule has 0 amide bonds. The van der Waals surface area contributed by atoms with Crippen molar-refractivity contribution in [2.75, 3.05) is 26.7 Å². The van der Waals surface area contributed by atoms with Crippen LogP contribution >= 0.6 is 15.9 Å². The number of nitrogens with one attached hydrogen (secondary N) is 2. The molecule has 2 aromatic rings. The Labute approximate surface area is 158 Å². The number of hydrogen-bond acceptors (Lipinski definition) is 4. The third-order valence-corrected chi connectivity index (χ3v) is 4.47. The maximum atomic E-state index is 10.3. The van der Waals surface area contributed by atoms with E-state index in [-0.39, 0.29) is 6.04 Å². The molecule has 0 spiro atoms. The van der Waals surface area contributed by atoms with Crippen molar-refractivity contribution in [2.45, 2.75) is 25.5 Å². The van der Waals surface area contributed by atoms with E-state index in [1.807, 2.05) is 43.4 Å². The smallest absolute Gasteiger partial charge is 0.119 e. The standard InChI is InChI=1S/C20H27BrN2O2/c1-15(23-14-20(24)17-4-3-5-18(21)13-17)12-16-6-8-19(9-7-16)25-11-10-22-2/h3-9,13,15,20,22-24H,10-12,14H2,1-2H3. The summed E-state index contributed by atoms with van der Waals surface area (Å²) < 4.78 is 6.61. The van der Waals surface area contributed by atoms with Crippen molar-refractivity contribution in [1.29, 1.82) is 0 Å². The van der Waals surface area contributed by atoms with Gasteiger partial charge in [-0.3, -0.25) is 0 Å². The summed E-state index contributed by atoms with van der Waals surface area (Å²) in [7, 11) is 1.91. The van der Waals surface area contributed by atoms with Crippen LogP contribution in [0.4, 0.5) is 0 Å². The molecule has 0 radical (unpaired) electrons. The predicted octanol–water partition coefficient (Wildman–Crippen LogP) is 3.30. The number of ether oxygens (including phenoxy) is 1. The molecule has 0 aromatic heterocycles. The molecule has 0 aliphatic carbocycles. The second-order valence-electron chi connectivity index (χ2n) is 6.18. The van der Waals surface area contributed by atoms with E-state index in [0.29, 0.717) is 13.2 Å². The highest BCUT2D eigenvalue weighted by Gasteiger charge is 2.10. The lowest BCUT2D eigenvalue weighted by molar-refractivity contribution is 0.170. The lowest BCUT2D eigenvalue weighted by Crippen LogP contribution is -2.32. The average Bonchev–Trinajstić information content (AvgIpc) is 2.61. The predicted molar refractivity (Wildman–Crippen MR) is 106 cm³/mol. The maximum absolute atomic E-state index is 10.3. The molecular formula is C20H27BrN2O2. The topological polar surface area (TPSA) is 53.5 Å². The fourth-order valence-corrected chi connectivity index (χ4v) is 2.98. The Morgan fingerprint density at radius 2 is 1.92 bits per heavy atom. The van der Waals surface area contributed by atoms with Gasteiger partial charge < -0.3 is 20.5 Å². The van der Waals surface area contributed by atoms with E-state index in [1.165, 1.54) is 5.56 Å². The van der Waals surface area contributed by atoms with Crippen LogP contribution in [0.5, 0.6) is 5.75 Å². The minimum atomic E-state index is -0.511. The second-order valence-corrected chi connectivity index (χ2v) is 7.10. The van der Waals surface area contributed by atoms with E-state index in [9.17, 15) is 5.11 Å². The van der Waals surface area contributed by atoms with E-state index < -0.39 is 6.10 Å². The first-order chi connectivity index (χ1) is 12.1. The van der Waals surface area contributed by atoms with Crippen molar-refractivity contribution in [1.82, 2.24) is 10.6 Å². The third kappa shape index (κ3) is 7.16. The van der Waals surface area contributed by atoms with E-state index in [4.69, 9.17) is 4.74 Å². The van der Waals surface area contributed by atoms with Gasteiger partial charge in [0.25, 0.3) is 0 Å². The van der Waals surface area contributed by atoms with Crippen molar-refractivity contribution >= 4 is 15.9 Å². The van der Waals surface area contributed by atoms with E-state index in [1.54, 1.807) is 0 Å². The van der Waals surface area contributed by atoms with Gasteiger partial charge in [0, 0.05) is 23.6 Å². The van der Waals surface area contributed by atoms with Gasteiger partial charge in [-0.25, -0.2) is 0 Å². The lowest BCUT2D eigenvalue weighted by atomic mass is 10.1. The van der Waals surface area contributed by atoms with Crippen molar-refractivity contribution in [3.05, 3.63) is 64.1 Å². The molecule has 0 bridgehead atoms. The molecule has 0 aliphatic rings. The van der Waals surface area contributed by atoms with Crippen LogP contribution in [-0.2, 0) is 6.42 Å². The number of aliphatic hydroxyl groups excluding tert-OH is 1. The molecule has 0 saturated heterocycles. The van der Waals surface area contributed by atoms with Crippen LogP contribution in [0.25, 0.3) is 0 Å². The first-order valence-corrected chi connectivity index (χ1v) is 9.41. The number of rotatable bonds is 10. The van der Waals surface area contributed by atoms with Crippen LogP contribution in [0.1, 0.15) is 24.2 Å². The van der Waals surface area contributed by atoms with Crippen molar-refractivity contribution in [3.8, 4) is 5.75 Å². The summed E-state index contributed by atoms with van der Waals surface area (Å²) in [5.74, 6) is 0.893. The molecule has 3 N–H and O–H groups in total. The van der Waals surface area contributed by atoms with Gasteiger partial charge in [-0.1, -0.05) is 40.2 Å². The molecule has 2 aromatic carbocycles. The molecule has 0 saturated carbocycles. The number of likely N-dealkylation sites (N-methyl/N-ethyl adjacent to an activating group) is 1. The molecule has 5 heteroatoms. The van der Waals surface area contributed by atoms with Crippen LogP contribution in [0.15, 0.2) is 53.0 Å². The Hall–Kier alpha value is -1.40. The van der Waals surface area contributed by atoms with Crippen LogP contribution in [-0.4, -0.2) is 37.9 Å². The summed E-state index contributed by atoms with van der Waals surface area (Å²) in [6.45, 7) is 4.16. The van der Waals surface area contributed by atoms with Gasteiger partial charge in [-0.05, 0) is 55.8 Å². The highest BCUT2D eigenvalue weighted by molar-refractivity contribution is 9.10. The zero-order chi connectivity index (χ0) is 18.1. The minimum Gasteiger partial charge on any atom is -0.492 e. The summed E-state index contributed by atoms with van der Waals surface area (Å²) in [4.78, 5) is 0. The third-order valence-electron chi connectivity index (χ3n) is 3.98. The Kier molecular flexibility index (Phi) is 8.41. The normalized spacial score (nSPS) is 13.4. The molecule has 0 heterocycles. The highest BCUT2D eigenvalue weighted by atomic mass is 79.9. The molecule has 136 valence electrons. The number of hydrogen-bond donors (Lipinski definition) is 3. The summed E-state index contributed by atoms with van der Waals surface area (Å²) in [6, 6.07) is 16.3. The lowest BCUT2D eigenvalue weighted by Gasteiger charge is -2.18. The highest BCUT2D eigenvalue weighted by Crippen LogP contribution is 2.18. The average molecular weight is 407 g/mol. The Bertz CT molecular complexity index is 634. The van der Waals surface area contributed by atoms with Crippen LogP contribution < -0.4 is 15.4 Å². The molecule has 2 unspecified atom stereocenters. The molecule has 4 nitrogen and oxygen atoms in total.